The number of carbonyl (C=O) groups is 1. The summed E-state index contributed by atoms with van der Waals surface area (Å²) in [5.41, 5.74) is 1.57. The zero-order chi connectivity index (χ0) is 18.4. The number of likely N-dealkylation sites (tertiary alicyclic amines) is 1. The lowest BCUT2D eigenvalue weighted by Gasteiger charge is -2.33. The summed E-state index contributed by atoms with van der Waals surface area (Å²) in [4.78, 5) is 13.9. The van der Waals surface area contributed by atoms with E-state index in [1.165, 1.54) is 5.56 Å². The molecule has 6 nitrogen and oxygen atoms in total. The summed E-state index contributed by atoms with van der Waals surface area (Å²) < 4.78 is 26.5. The molecule has 1 N–H and O–H groups in total. The molecule has 0 spiro atoms. The van der Waals surface area contributed by atoms with Crippen LogP contribution in [0.5, 0.6) is 0 Å². The number of nitrogens with one attached hydrogen (secondary N) is 1. The fraction of sp³-hybridized carbons (Fsp3) is 0.611. The Bertz CT molecular complexity index is 590. The zero-order valence-electron chi connectivity index (χ0n) is 15.1. The normalized spacial score (nSPS) is 17.2. The Labute approximate surface area is 152 Å². The van der Waals surface area contributed by atoms with Crippen molar-refractivity contribution in [2.24, 2.45) is 5.92 Å². The SMILES string of the molecule is CC(C)(C)OC(=O)N1CCC(Cc2ccc(NCS(=O)[O-])cc2)CC1. The highest BCUT2D eigenvalue weighted by molar-refractivity contribution is 7.79. The molecule has 1 amide bonds. The van der Waals surface area contributed by atoms with Crippen molar-refractivity contribution < 1.29 is 18.3 Å². The Balaban J connectivity index is 1.78. The zero-order valence-corrected chi connectivity index (χ0v) is 15.9. The smallest absolute Gasteiger partial charge is 0.410 e. The minimum atomic E-state index is -2.09. The molecule has 1 aromatic rings. The van der Waals surface area contributed by atoms with Gasteiger partial charge in [0.1, 0.15) is 5.60 Å². The molecular formula is C18H27N2O4S-. The van der Waals surface area contributed by atoms with Crippen molar-refractivity contribution in [3.8, 4) is 0 Å². The van der Waals surface area contributed by atoms with Crippen LogP contribution >= 0.6 is 0 Å². The maximum Gasteiger partial charge on any atom is 0.410 e. The number of carbonyl (C=O) groups excluding carboxylic acids is 1. The van der Waals surface area contributed by atoms with Gasteiger partial charge in [-0.25, -0.2) is 4.79 Å². The maximum absolute atomic E-state index is 12.1. The number of piperidine rings is 1. The second kappa shape index (κ2) is 8.67. The van der Waals surface area contributed by atoms with Gasteiger partial charge < -0.3 is 19.5 Å². The van der Waals surface area contributed by atoms with Crippen LogP contribution in [-0.2, 0) is 22.2 Å². The number of hydrogen-bond donors (Lipinski definition) is 1. The van der Waals surface area contributed by atoms with Crippen LogP contribution in [0, 0.1) is 5.92 Å². The highest BCUT2D eigenvalue weighted by Gasteiger charge is 2.26. The van der Waals surface area contributed by atoms with Crippen molar-refractivity contribution in [1.82, 2.24) is 4.90 Å². The summed E-state index contributed by atoms with van der Waals surface area (Å²) >= 11 is -2.09. The van der Waals surface area contributed by atoms with Gasteiger partial charge in [0.05, 0.1) is 5.88 Å². The van der Waals surface area contributed by atoms with Crippen molar-refractivity contribution in [1.29, 1.82) is 0 Å². The fourth-order valence-electron chi connectivity index (χ4n) is 2.88. The summed E-state index contributed by atoms with van der Waals surface area (Å²) in [5.74, 6) is 0.467. The molecule has 1 aromatic carbocycles. The Morgan fingerprint density at radius 3 is 2.40 bits per heavy atom. The van der Waals surface area contributed by atoms with Gasteiger partial charge in [-0.1, -0.05) is 12.1 Å². The van der Waals surface area contributed by atoms with Gasteiger partial charge in [-0.15, -0.1) is 0 Å². The predicted molar refractivity (Wildman–Crippen MR) is 98.1 cm³/mol. The third-order valence-electron chi connectivity index (χ3n) is 4.14. The molecule has 1 aliphatic rings. The second-order valence-corrected chi connectivity index (χ2v) is 8.33. The standard InChI is InChI=1S/C18H28N2O4S/c1-18(2,3)24-17(21)20-10-8-15(9-11-20)12-14-4-6-16(7-5-14)19-13-25(22)23/h4-7,15,19H,8-13H2,1-3H3,(H,22,23)/p-1. The molecule has 0 bridgehead atoms. The molecule has 25 heavy (non-hydrogen) atoms. The van der Waals surface area contributed by atoms with Crippen LogP contribution in [-0.4, -0.2) is 44.3 Å². The first-order valence-electron chi connectivity index (χ1n) is 8.59. The molecule has 1 heterocycles. The number of nitrogens with zero attached hydrogens (tertiary/aromatic N) is 1. The minimum Gasteiger partial charge on any atom is -0.771 e. The van der Waals surface area contributed by atoms with E-state index in [-0.39, 0.29) is 12.0 Å². The highest BCUT2D eigenvalue weighted by atomic mass is 32.2. The first-order valence-corrected chi connectivity index (χ1v) is 9.84. The number of rotatable bonds is 5. The van der Waals surface area contributed by atoms with Gasteiger partial charge in [0.15, 0.2) is 0 Å². The van der Waals surface area contributed by atoms with E-state index in [0.717, 1.165) is 38.0 Å². The average Bonchev–Trinajstić information content (AvgIpc) is 2.53. The number of amides is 1. The summed E-state index contributed by atoms with van der Waals surface area (Å²) in [6.07, 6.45) is 2.68. The lowest BCUT2D eigenvalue weighted by Crippen LogP contribution is -2.42. The summed E-state index contributed by atoms with van der Waals surface area (Å²) in [6.45, 7) is 7.10. The monoisotopic (exact) mass is 367 g/mol. The van der Waals surface area contributed by atoms with Crippen molar-refractivity contribution in [2.75, 3.05) is 24.3 Å². The molecule has 1 fully saturated rings. The summed E-state index contributed by atoms with van der Waals surface area (Å²) in [6, 6.07) is 7.85. The van der Waals surface area contributed by atoms with Crippen LogP contribution in [0.2, 0.25) is 0 Å². The Hall–Kier alpha value is -1.60. The number of hydrogen-bond acceptors (Lipinski definition) is 5. The Kier molecular flexibility index (Phi) is 6.84. The molecule has 0 aliphatic carbocycles. The molecule has 140 valence electrons. The molecule has 0 aromatic heterocycles. The molecule has 1 atom stereocenters. The molecule has 0 saturated carbocycles. The van der Waals surface area contributed by atoms with Gasteiger partial charge in [-0.05, 0) is 74.7 Å². The first kappa shape index (κ1) is 19.7. The van der Waals surface area contributed by atoms with Crippen LogP contribution < -0.4 is 5.32 Å². The van der Waals surface area contributed by atoms with Gasteiger partial charge in [-0.2, -0.15) is 0 Å². The third kappa shape index (κ3) is 7.04. The van der Waals surface area contributed by atoms with Crippen LogP contribution in [0.1, 0.15) is 39.2 Å². The van der Waals surface area contributed by atoms with Crippen LogP contribution in [0.15, 0.2) is 24.3 Å². The molecule has 1 unspecified atom stereocenters. The van der Waals surface area contributed by atoms with Crippen LogP contribution in [0.3, 0.4) is 0 Å². The lowest BCUT2D eigenvalue weighted by atomic mass is 9.90. The van der Waals surface area contributed by atoms with E-state index in [9.17, 15) is 13.6 Å². The fourth-order valence-corrected chi connectivity index (χ4v) is 3.16. The third-order valence-corrected chi connectivity index (χ3v) is 4.52. The van der Waals surface area contributed by atoms with Crippen molar-refractivity contribution >= 4 is 22.9 Å². The average molecular weight is 367 g/mol. The van der Waals surface area contributed by atoms with Gasteiger partial charge in [0, 0.05) is 18.8 Å². The molecule has 7 heteroatoms. The van der Waals surface area contributed by atoms with E-state index in [1.807, 2.05) is 45.0 Å². The molecule has 1 aliphatic heterocycles. The van der Waals surface area contributed by atoms with Crippen molar-refractivity contribution in [3.63, 3.8) is 0 Å². The number of ether oxygens (including phenoxy) is 1. The van der Waals surface area contributed by atoms with Crippen molar-refractivity contribution in [2.45, 2.75) is 45.6 Å². The molecular weight excluding hydrogens is 340 g/mol. The summed E-state index contributed by atoms with van der Waals surface area (Å²) in [5, 5.41) is 2.84. The van der Waals surface area contributed by atoms with Crippen molar-refractivity contribution in [3.05, 3.63) is 29.8 Å². The Morgan fingerprint density at radius 2 is 1.88 bits per heavy atom. The first-order chi connectivity index (χ1) is 11.7. The van der Waals surface area contributed by atoms with E-state index in [2.05, 4.69) is 5.32 Å². The van der Waals surface area contributed by atoms with Gasteiger partial charge >= 0.3 is 6.09 Å². The lowest BCUT2D eigenvalue weighted by molar-refractivity contribution is 0.0184. The quantitative estimate of drug-likeness (QED) is 0.809. The molecule has 1 saturated heterocycles. The topological polar surface area (TPSA) is 81.7 Å². The number of benzene rings is 1. The summed E-state index contributed by atoms with van der Waals surface area (Å²) in [7, 11) is 0. The van der Waals surface area contributed by atoms with E-state index >= 15 is 0 Å². The number of anilines is 1. The van der Waals surface area contributed by atoms with Crippen LogP contribution in [0.4, 0.5) is 10.5 Å². The molecule has 0 radical (unpaired) electrons. The molecule has 2 rings (SSSR count). The van der Waals surface area contributed by atoms with Gasteiger partial charge in [-0.3, -0.25) is 4.21 Å². The van der Waals surface area contributed by atoms with E-state index in [4.69, 9.17) is 4.74 Å². The van der Waals surface area contributed by atoms with E-state index in [1.54, 1.807) is 4.90 Å². The highest BCUT2D eigenvalue weighted by Crippen LogP contribution is 2.23. The maximum atomic E-state index is 12.1. The Morgan fingerprint density at radius 1 is 1.28 bits per heavy atom. The largest absolute Gasteiger partial charge is 0.771 e. The predicted octanol–water partition coefficient (Wildman–Crippen LogP) is 3.12. The van der Waals surface area contributed by atoms with E-state index in [0.29, 0.717) is 5.92 Å². The van der Waals surface area contributed by atoms with E-state index < -0.39 is 16.7 Å². The second-order valence-electron chi connectivity index (χ2n) is 7.44. The minimum absolute atomic E-state index is 0.0809. The van der Waals surface area contributed by atoms with Gasteiger partial charge in [0.25, 0.3) is 0 Å². The van der Waals surface area contributed by atoms with Crippen LogP contribution in [0.25, 0.3) is 0 Å². The van der Waals surface area contributed by atoms with Gasteiger partial charge in [0.2, 0.25) is 0 Å².